The van der Waals surface area contributed by atoms with Crippen LogP contribution >= 0.6 is 11.3 Å². The van der Waals surface area contributed by atoms with Crippen LogP contribution in [-0.4, -0.2) is 52.2 Å². The number of para-hydroxylation sites is 1. The van der Waals surface area contributed by atoms with E-state index in [4.69, 9.17) is 9.57 Å². The summed E-state index contributed by atoms with van der Waals surface area (Å²) >= 11 is 1.77. The predicted octanol–water partition coefficient (Wildman–Crippen LogP) is 3.44. The molecule has 166 valence electrons. The quantitative estimate of drug-likeness (QED) is 0.623. The number of rotatable bonds is 6. The molecule has 0 bridgehead atoms. The largest absolute Gasteiger partial charge is 0.489 e. The maximum Gasteiger partial charge on any atom is 0.318 e. The lowest BCUT2D eigenvalue weighted by atomic mass is 10.1. The molecule has 32 heavy (non-hydrogen) atoms. The van der Waals surface area contributed by atoms with Crippen LogP contribution in [-0.2, 0) is 24.9 Å². The molecule has 5 rings (SSSR count). The highest BCUT2D eigenvalue weighted by Crippen LogP contribution is 2.30. The van der Waals surface area contributed by atoms with Crippen molar-refractivity contribution >= 4 is 23.1 Å². The minimum Gasteiger partial charge on any atom is -0.489 e. The molecule has 0 spiro atoms. The maximum atomic E-state index is 12.5. The van der Waals surface area contributed by atoms with Crippen LogP contribution in [0.1, 0.15) is 16.9 Å². The van der Waals surface area contributed by atoms with Crippen LogP contribution in [0.25, 0.3) is 11.1 Å². The van der Waals surface area contributed by atoms with Crippen molar-refractivity contribution in [2.45, 2.75) is 25.5 Å². The molecule has 0 aliphatic carbocycles. The molecule has 8 nitrogen and oxygen atoms in total. The molecular formula is C23H25N5O3S. The van der Waals surface area contributed by atoms with Crippen LogP contribution < -0.4 is 10.1 Å². The van der Waals surface area contributed by atoms with Crippen molar-refractivity contribution in [2.75, 3.05) is 19.7 Å². The number of hydrogen-bond acceptors (Lipinski definition) is 6. The van der Waals surface area contributed by atoms with Gasteiger partial charge in [0.2, 0.25) is 0 Å². The number of amides is 2. The number of thiophene rings is 1. The lowest BCUT2D eigenvalue weighted by Gasteiger charge is -2.27. The van der Waals surface area contributed by atoms with E-state index < -0.39 is 0 Å². The van der Waals surface area contributed by atoms with Crippen LogP contribution in [0, 0.1) is 0 Å². The second kappa shape index (κ2) is 9.04. The number of nitrogens with one attached hydrogen (secondary N) is 1. The van der Waals surface area contributed by atoms with E-state index in [1.54, 1.807) is 16.0 Å². The fourth-order valence-electron chi connectivity index (χ4n) is 3.97. The van der Waals surface area contributed by atoms with Crippen molar-refractivity contribution in [1.82, 2.24) is 20.0 Å². The third-order valence-corrected chi connectivity index (χ3v) is 6.68. The molecule has 0 radical (unpaired) electrons. The number of carbonyl (C=O) groups is 1. The van der Waals surface area contributed by atoms with Crippen molar-refractivity contribution < 1.29 is 14.4 Å². The molecule has 1 aromatic carbocycles. The molecule has 1 atom stereocenters. The lowest BCUT2D eigenvalue weighted by molar-refractivity contribution is 0.0472. The van der Waals surface area contributed by atoms with Crippen molar-refractivity contribution in [3.8, 4) is 16.9 Å². The third-order valence-electron chi connectivity index (χ3n) is 5.66. The van der Waals surface area contributed by atoms with Crippen LogP contribution in [0.15, 0.2) is 53.3 Å². The van der Waals surface area contributed by atoms with Crippen molar-refractivity contribution in [2.24, 2.45) is 12.2 Å². The highest BCUT2D eigenvalue weighted by Gasteiger charge is 2.25. The van der Waals surface area contributed by atoms with E-state index in [0.29, 0.717) is 26.1 Å². The summed E-state index contributed by atoms with van der Waals surface area (Å²) in [5.74, 6) is 0.781. The first-order chi connectivity index (χ1) is 15.7. The first kappa shape index (κ1) is 20.6. The Labute approximate surface area is 190 Å². The molecule has 3 aromatic rings. The van der Waals surface area contributed by atoms with Gasteiger partial charge in [-0.15, -0.1) is 11.3 Å². The van der Waals surface area contributed by atoms with E-state index in [0.717, 1.165) is 35.6 Å². The second-order valence-corrected chi connectivity index (χ2v) is 9.00. The van der Waals surface area contributed by atoms with Gasteiger partial charge in [0.15, 0.2) is 6.10 Å². The normalized spacial score (nSPS) is 17.5. The number of aromatic nitrogens is 2. The number of benzene rings is 1. The average molecular weight is 452 g/mol. The summed E-state index contributed by atoms with van der Waals surface area (Å²) in [6.45, 7) is 2.18. The standard InChI is InChI=1S/C23H25N5O3S/c1-27-13-17(11-25-27)20-4-2-3-5-21(20)30-15-19-10-18(26-31-19)12-24-23(29)28-8-6-22-16(14-28)7-9-32-22/h2-5,7,9,11,13,19H,6,8,10,12,14-15H2,1H3,(H,24,29). The maximum absolute atomic E-state index is 12.5. The molecule has 2 aliphatic heterocycles. The van der Waals surface area contributed by atoms with Gasteiger partial charge < -0.3 is 19.8 Å². The number of urea groups is 1. The molecule has 2 aromatic heterocycles. The lowest BCUT2D eigenvalue weighted by Crippen LogP contribution is -2.44. The van der Waals surface area contributed by atoms with Gasteiger partial charge in [0.25, 0.3) is 0 Å². The Hall–Kier alpha value is -3.33. The Kier molecular flexibility index (Phi) is 5.81. The molecule has 0 saturated heterocycles. The summed E-state index contributed by atoms with van der Waals surface area (Å²) in [6.07, 6.45) is 5.15. The Morgan fingerprint density at radius 1 is 1.34 bits per heavy atom. The third kappa shape index (κ3) is 4.47. The van der Waals surface area contributed by atoms with E-state index in [2.05, 4.69) is 27.0 Å². The number of hydrogen-bond donors (Lipinski definition) is 1. The van der Waals surface area contributed by atoms with Gasteiger partial charge in [0.1, 0.15) is 12.4 Å². The molecule has 4 heterocycles. The van der Waals surface area contributed by atoms with Crippen LogP contribution in [0.3, 0.4) is 0 Å². The fraction of sp³-hybridized carbons (Fsp3) is 0.348. The molecule has 1 unspecified atom stereocenters. The van der Waals surface area contributed by atoms with Crippen LogP contribution in [0.5, 0.6) is 5.75 Å². The van der Waals surface area contributed by atoms with E-state index in [1.165, 1.54) is 10.4 Å². The van der Waals surface area contributed by atoms with Gasteiger partial charge in [0, 0.05) is 48.8 Å². The highest BCUT2D eigenvalue weighted by molar-refractivity contribution is 7.10. The Balaban J connectivity index is 1.09. The van der Waals surface area contributed by atoms with Gasteiger partial charge in [-0.05, 0) is 29.5 Å². The summed E-state index contributed by atoms with van der Waals surface area (Å²) < 4.78 is 7.82. The Morgan fingerprint density at radius 3 is 3.12 bits per heavy atom. The van der Waals surface area contributed by atoms with Gasteiger partial charge in [-0.3, -0.25) is 4.68 Å². The smallest absolute Gasteiger partial charge is 0.318 e. The van der Waals surface area contributed by atoms with Gasteiger partial charge in [0.05, 0.1) is 18.5 Å². The van der Waals surface area contributed by atoms with Crippen molar-refractivity contribution in [3.05, 3.63) is 58.5 Å². The first-order valence-electron chi connectivity index (χ1n) is 10.7. The Bertz CT molecular complexity index is 1140. The molecule has 9 heteroatoms. The number of ether oxygens (including phenoxy) is 1. The second-order valence-electron chi connectivity index (χ2n) is 8.00. The topological polar surface area (TPSA) is 81.0 Å². The Morgan fingerprint density at radius 2 is 2.25 bits per heavy atom. The van der Waals surface area contributed by atoms with Gasteiger partial charge in [-0.1, -0.05) is 23.4 Å². The zero-order valence-electron chi connectivity index (χ0n) is 17.9. The first-order valence-corrected chi connectivity index (χ1v) is 11.5. The average Bonchev–Trinajstić information content (AvgIpc) is 3.56. The zero-order chi connectivity index (χ0) is 21.9. The summed E-state index contributed by atoms with van der Waals surface area (Å²) in [7, 11) is 1.89. The number of oxime groups is 1. The fourth-order valence-corrected chi connectivity index (χ4v) is 4.86. The molecular weight excluding hydrogens is 426 g/mol. The number of carbonyl (C=O) groups excluding carboxylic acids is 1. The summed E-state index contributed by atoms with van der Waals surface area (Å²) in [5, 5.41) is 13.5. The SMILES string of the molecule is Cn1cc(-c2ccccc2OCC2CC(CNC(=O)N3CCc4sccc4C3)=NO2)cn1. The molecule has 0 fully saturated rings. The minimum atomic E-state index is -0.174. The number of nitrogens with zero attached hydrogens (tertiary/aromatic N) is 4. The van der Waals surface area contributed by atoms with Crippen LogP contribution in [0.2, 0.25) is 0 Å². The zero-order valence-corrected chi connectivity index (χ0v) is 18.7. The van der Waals surface area contributed by atoms with Gasteiger partial charge in [-0.25, -0.2) is 4.79 Å². The predicted molar refractivity (Wildman–Crippen MR) is 123 cm³/mol. The van der Waals surface area contributed by atoms with Crippen LogP contribution in [0.4, 0.5) is 4.79 Å². The van der Waals surface area contributed by atoms with E-state index in [1.807, 2.05) is 48.6 Å². The molecule has 2 amide bonds. The molecule has 0 saturated carbocycles. The van der Waals surface area contributed by atoms with Crippen molar-refractivity contribution in [1.29, 1.82) is 0 Å². The van der Waals surface area contributed by atoms with E-state index in [9.17, 15) is 4.79 Å². The van der Waals surface area contributed by atoms with Crippen molar-refractivity contribution in [3.63, 3.8) is 0 Å². The number of fused-ring (bicyclic) bond motifs is 1. The number of aryl methyl sites for hydroxylation is 1. The van der Waals surface area contributed by atoms with E-state index >= 15 is 0 Å². The van der Waals surface area contributed by atoms with E-state index in [-0.39, 0.29) is 12.1 Å². The highest BCUT2D eigenvalue weighted by atomic mass is 32.1. The minimum absolute atomic E-state index is 0.0605. The molecule has 2 aliphatic rings. The van der Waals surface area contributed by atoms with Gasteiger partial charge in [-0.2, -0.15) is 5.10 Å². The molecule has 1 N–H and O–H groups in total. The summed E-state index contributed by atoms with van der Waals surface area (Å²) in [4.78, 5) is 21.3. The van der Waals surface area contributed by atoms with Gasteiger partial charge >= 0.3 is 6.03 Å². The summed E-state index contributed by atoms with van der Waals surface area (Å²) in [5.41, 5.74) is 4.06. The summed E-state index contributed by atoms with van der Waals surface area (Å²) in [6, 6.07) is 9.92. The monoisotopic (exact) mass is 451 g/mol.